The van der Waals surface area contributed by atoms with Crippen LogP contribution in [0.2, 0.25) is 5.02 Å². The van der Waals surface area contributed by atoms with Crippen molar-refractivity contribution in [3.63, 3.8) is 0 Å². The molecule has 1 aliphatic rings. The van der Waals surface area contributed by atoms with Gasteiger partial charge in [0.05, 0.1) is 12.1 Å². The van der Waals surface area contributed by atoms with E-state index in [1.807, 2.05) is 6.07 Å². The second-order valence-corrected chi connectivity index (χ2v) is 6.70. The van der Waals surface area contributed by atoms with E-state index in [0.717, 1.165) is 42.0 Å². The van der Waals surface area contributed by atoms with Crippen LogP contribution in [0.15, 0.2) is 36.4 Å². The van der Waals surface area contributed by atoms with Crippen LogP contribution >= 0.6 is 23.8 Å². The molecule has 3 nitrogen and oxygen atoms in total. The number of likely N-dealkylation sites (tertiary alicyclic amines) is 1. The smallest absolute Gasteiger partial charge is 0.180 e. The van der Waals surface area contributed by atoms with E-state index in [9.17, 15) is 4.39 Å². The molecule has 0 amide bonds. The summed E-state index contributed by atoms with van der Waals surface area (Å²) in [4.78, 5) is 2.95. The quantitative estimate of drug-likeness (QED) is 0.693. The van der Waals surface area contributed by atoms with Crippen molar-refractivity contribution in [3.8, 4) is 11.5 Å². The molecule has 25 heavy (non-hydrogen) atoms. The molecule has 2 aromatic rings. The van der Waals surface area contributed by atoms with E-state index < -0.39 is 0 Å². The molecule has 1 heterocycles. The normalized spacial score (nSPS) is 13.8. The summed E-state index contributed by atoms with van der Waals surface area (Å²) < 4.78 is 24.5. The van der Waals surface area contributed by atoms with Crippen LogP contribution in [-0.4, -0.2) is 30.1 Å². The van der Waals surface area contributed by atoms with Gasteiger partial charge in [-0.1, -0.05) is 36.0 Å². The van der Waals surface area contributed by atoms with Gasteiger partial charge < -0.3 is 14.4 Å². The lowest BCUT2D eigenvalue weighted by Crippen LogP contribution is -2.26. The number of thiocarbonyl (C=S) groups is 1. The molecule has 0 spiro atoms. The number of ether oxygens (including phenoxy) is 2. The second-order valence-electron chi connectivity index (χ2n) is 5.91. The van der Waals surface area contributed by atoms with Crippen LogP contribution in [0.1, 0.15) is 24.0 Å². The summed E-state index contributed by atoms with van der Waals surface area (Å²) in [5, 5.41) is 0.423. The van der Waals surface area contributed by atoms with Crippen molar-refractivity contribution in [1.29, 1.82) is 0 Å². The molecule has 3 rings (SSSR count). The van der Waals surface area contributed by atoms with E-state index in [0.29, 0.717) is 16.5 Å². The summed E-state index contributed by atoms with van der Waals surface area (Å²) in [5.74, 6) is 0.646. The topological polar surface area (TPSA) is 21.7 Å². The van der Waals surface area contributed by atoms with E-state index in [4.69, 9.17) is 33.3 Å². The maximum Gasteiger partial charge on any atom is 0.180 e. The summed E-state index contributed by atoms with van der Waals surface area (Å²) in [6, 6.07) is 9.90. The van der Waals surface area contributed by atoms with Crippen molar-refractivity contribution < 1.29 is 13.9 Å². The van der Waals surface area contributed by atoms with E-state index in [1.165, 1.54) is 12.1 Å². The van der Waals surface area contributed by atoms with Gasteiger partial charge in [0.1, 0.15) is 17.4 Å². The van der Waals surface area contributed by atoms with Gasteiger partial charge in [0.2, 0.25) is 0 Å². The first kappa shape index (κ1) is 18.0. The molecule has 1 aliphatic heterocycles. The monoisotopic (exact) mass is 379 g/mol. The molecule has 1 fully saturated rings. The van der Waals surface area contributed by atoms with Gasteiger partial charge >= 0.3 is 0 Å². The fourth-order valence-corrected chi connectivity index (χ4v) is 3.43. The third kappa shape index (κ3) is 4.22. The lowest BCUT2D eigenvalue weighted by Gasteiger charge is -2.20. The van der Waals surface area contributed by atoms with Crippen molar-refractivity contribution in [2.75, 3.05) is 20.2 Å². The first-order chi connectivity index (χ1) is 12.1. The van der Waals surface area contributed by atoms with Crippen LogP contribution in [0.25, 0.3) is 0 Å². The predicted molar refractivity (Wildman–Crippen MR) is 101 cm³/mol. The average molecular weight is 380 g/mol. The minimum absolute atomic E-state index is 0.198. The number of halogens is 2. The molecule has 2 aromatic carbocycles. The molecule has 0 radical (unpaired) electrons. The average Bonchev–Trinajstić information content (AvgIpc) is 3.14. The second kappa shape index (κ2) is 8.02. The summed E-state index contributed by atoms with van der Waals surface area (Å²) >= 11 is 12.0. The van der Waals surface area contributed by atoms with Crippen LogP contribution in [0.3, 0.4) is 0 Å². The van der Waals surface area contributed by atoms with Gasteiger partial charge in [0.15, 0.2) is 11.5 Å². The Morgan fingerprint density at radius 1 is 1.24 bits per heavy atom. The summed E-state index contributed by atoms with van der Waals surface area (Å²) in [5.41, 5.74) is 1.56. The standard InChI is InChI=1S/C19H19ClFNO2S/c1-23-17-11-14(19(25)22-7-2-3-8-22)10-16(20)18(17)24-12-13-5-4-6-15(21)9-13/h4-6,9-11H,2-3,7-8,12H2,1H3. The van der Waals surface area contributed by atoms with Crippen LogP contribution in [0.5, 0.6) is 11.5 Å². The van der Waals surface area contributed by atoms with E-state index in [1.54, 1.807) is 25.3 Å². The number of hydrogen-bond acceptors (Lipinski definition) is 3. The zero-order chi connectivity index (χ0) is 17.8. The highest BCUT2D eigenvalue weighted by molar-refractivity contribution is 7.80. The highest BCUT2D eigenvalue weighted by Crippen LogP contribution is 2.37. The van der Waals surface area contributed by atoms with E-state index in [2.05, 4.69) is 4.90 Å². The predicted octanol–water partition coefficient (Wildman–Crippen LogP) is 4.84. The summed E-state index contributed by atoms with van der Waals surface area (Å²) in [6.45, 7) is 2.14. The molecule has 0 aromatic heterocycles. The molecule has 0 saturated carbocycles. The fourth-order valence-electron chi connectivity index (χ4n) is 2.87. The van der Waals surface area contributed by atoms with Crippen LogP contribution in [0.4, 0.5) is 4.39 Å². The highest BCUT2D eigenvalue weighted by atomic mass is 35.5. The Kier molecular flexibility index (Phi) is 5.76. The van der Waals surface area contributed by atoms with Gasteiger partial charge in [0.25, 0.3) is 0 Å². The van der Waals surface area contributed by atoms with Crippen LogP contribution in [-0.2, 0) is 6.61 Å². The van der Waals surface area contributed by atoms with Gasteiger partial charge in [-0.2, -0.15) is 0 Å². The molecule has 132 valence electrons. The molecule has 6 heteroatoms. The SMILES string of the molecule is COc1cc(C(=S)N2CCCC2)cc(Cl)c1OCc1cccc(F)c1. The lowest BCUT2D eigenvalue weighted by atomic mass is 10.2. The zero-order valence-corrected chi connectivity index (χ0v) is 15.5. The molecular weight excluding hydrogens is 361 g/mol. The Morgan fingerprint density at radius 2 is 2.00 bits per heavy atom. The first-order valence-corrected chi connectivity index (χ1v) is 8.91. The van der Waals surface area contributed by atoms with Crippen molar-refractivity contribution in [2.45, 2.75) is 19.4 Å². The van der Waals surface area contributed by atoms with Gasteiger partial charge in [-0.15, -0.1) is 0 Å². The lowest BCUT2D eigenvalue weighted by molar-refractivity contribution is 0.284. The largest absolute Gasteiger partial charge is 0.493 e. The van der Waals surface area contributed by atoms with Gasteiger partial charge in [-0.25, -0.2) is 4.39 Å². The van der Waals surface area contributed by atoms with Gasteiger partial charge in [-0.05, 0) is 42.7 Å². The zero-order valence-electron chi connectivity index (χ0n) is 13.9. The molecular formula is C19H19ClFNO2S. The van der Waals surface area contributed by atoms with E-state index in [-0.39, 0.29) is 12.4 Å². The Morgan fingerprint density at radius 3 is 2.68 bits per heavy atom. The maximum atomic E-state index is 13.3. The highest BCUT2D eigenvalue weighted by Gasteiger charge is 2.20. The van der Waals surface area contributed by atoms with Gasteiger partial charge in [-0.3, -0.25) is 0 Å². The number of nitrogens with zero attached hydrogens (tertiary/aromatic N) is 1. The Hall–Kier alpha value is -1.85. The third-order valence-electron chi connectivity index (χ3n) is 4.14. The van der Waals surface area contributed by atoms with Crippen LogP contribution < -0.4 is 9.47 Å². The first-order valence-electron chi connectivity index (χ1n) is 8.12. The molecule has 0 unspecified atom stereocenters. The molecule has 0 bridgehead atoms. The molecule has 1 saturated heterocycles. The number of benzene rings is 2. The van der Waals surface area contributed by atoms with Crippen molar-refractivity contribution in [1.82, 2.24) is 4.90 Å². The summed E-state index contributed by atoms with van der Waals surface area (Å²) in [6.07, 6.45) is 2.31. The third-order valence-corrected chi connectivity index (χ3v) is 4.92. The minimum Gasteiger partial charge on any atom is -0.493 e. The van der Waals surface area contributed by atoms with Crippen molar-refractivity contribution in [3.05, 3.63) is 58.4 Å². The molecule has 0 aliphatic carbocycles. The Bertz CT molecular complexity index is 778. The maximum absolute atomic E-state index is 13.3. The minimum atomic E-state index is -0.300. The molecule has 0 N–H and O–H groups in total. The Labute approximate surface area is 157 Å². The Balaban J connectivity index is 1.80. The van der Waals surface area contributed by atoms with Gasteiger partial charge in [0, 0.05) is 18.7 Å². The van der Waals surface area contributed by atoms with Crippen molar-refractivity contribution >= 4 is 28.8 Å². The van der Waals surface area contributed by atoms with Crippen molar-refractivity contribution in [2.24, 2.45) is 0 Å². The fraction of sp³-hybridized carbons (Fsp3) is 0.316. The van der Waals surface area contributed by atoms with E-state index >= 15 is 0 Å². The number of hydrogen-bond donors (Lipinski definition) is 0. The molecule has 0 atom stereocenters. The number of methoxy groups -OCH3 is 1. The number of rotatable bonds is 5. The summed E-state index contributed by atoms with van der Waals surface area (Å²) in [7, 11) is 1.56. The van der Waals surface area contributed by atoms with Crippen LogP contribution in [0, 0.1) is 5.82 Å².